The van der Waals surface area contributed by atoms with Crippen LogP contribution in [0.2, 0.25) is 0 Å². The van der Waals surface area contributed by atoms with Crippen molar-refractivity contribution in [3.05, 3.63) is 15.9 Å². The van der Waals surface area contributed by atoms with Gasteiger partial charge < -0.3 is 4.74 Å². The molecule has 4 heteroatoms. The molecule has 0 aliphatic carbocycles. The van der Waals surface area contributed by atoms with Crippen molar-refractivity contribution in [1.29, 1.82) is 0 Å². The normalized spacial score (nSPS) is 11.2. The Kier molecular flexibility index (Phi) is 3.50. The summed E-state index contributed by atoms with van der Waals surface area (Å²) in [7, 11) is 1.93. The minimum absolute atomic E-state index is 0.252. The molecule has 3 nitrogen and oxygen atoms in total. The van der Waals surface area contributed by atoms with Crippen molar-refractivity contribution in [3.63, 3.8) is 0 Å². The number of hydrogen-bond acceptors (Lipinski definition) is 2. The van der Waals surface area contributed by atoms with Gasteiger partial charge in [0.15, 0.2) is 0 Å². The first-order valence-corrected chi connectivity index (χ1v) is 5.11. The highest BCUT2D eigenvalue weighted by molar-refractivity contribution is 9.10. The van der Waals surface area contributed by atoms with Crippen molar-refractivity contribution in [3.8, 4) is 0 Å². The molecule has 0 N–H and O–H groups in total. The molecule has 1 aromatic heterocycles. The summed E-state index contributed by atoms with van der Waals surface area (Å²) in [5.74, 6) is 0. The summed E-state index contributed by atoms with van der Waals surface area (Å²) in [5.41, 5.74) is 2.09. The average Bonchev–Trinajstić information content (AvgIpc) is 2.24. The molecule has 0 bridgehead atoms. The molecule has 1 aromatic rings. The van der Waals surface area contributed by atoms with Crippen LogP contribution < -0.4 is 0 Å². The molecule has 0 fully saturated rings. The molecule has 0 unspecified atom stereocenters. The van der Waals surface area contributed by atoms with Gasteiger partial charge in [-0.15, -0.1) is 0 Å². The SMILES string of the molecule is Cc1nn(C)c(COC(C)C)c1Br. The van der Waals surface area contributed by atoms with E-state index < -0.39 is 0 Å². The zero-order valence-electron chi connectivity index (χ0n) is 8.47. The largest absolute Gasteiger partial charge is 0.372 e. The van der Waals surface area contributed by atoms with E-state index in [9.17, 15) is 0 Å². The quantitative estimate of drug-likeness (QED) is 0.820. The van der Waals surface area contributed by atoms with Gasteiger partial charge in [-0.25, -0.2) is 0 Å². The molecule has 0 aliphatic heterocycles. The van der Waals surface area contributed by atoms with Gasteiger partial charge in [-0.3, -0.25) is 4.68 Å². The lowest BCUT2D eigenvalue weighted by Gasteiger charge is -2.07. The van der Waals surface area contributed by atoms with Crippen LogP contribution in [-0.4, -0.2) is 15.9 Å². The number of ether oxygens (including phenoxy) is 1. The number of aromatic nitrogens is 2. The Bertz CT molecular complexity index is 294. The number of aryl methyl sites for hydroxylation is 2. The van der Waals surface area contributed by atoms with Crippen LogP contribution in [0, 0.1) is 6.92 Å². The Hall–Kier alpha value is -0.350. The second-order valence-corrected chi connectivity index (χ2v) is 4.12. The van der Waals surface area contributed by atoms with Crippen molar-refractivity contribution >= 4 is 15.9 Å². The van der Waals surface area contributed by atoms with Gasteiger partial charge in [0.25, 0.3) is 0 Å². The zero-order chi connectivity index (χ0) is 10.0. The van der Waals surface area contributed by atoms with E-state index in [2.05, 4.69) is 21.0 Å². The molecule has 13 heavy (non-hydrogen) atoms. The first-order chi connectivity index (χ1) is 6.02. The van der Waals surface area contributed by atoms with E-state index in [0.29, 0.717) is 6.61 Å². The topological polar surface area (TPSA) is 27.1 Å². The number of hydrogen-bond donors (Lipinski definition) is 0. The van der Waals surface area contributed by atoms with Crippen LogP contribution in [-0.2, 0) is 18.4 Å². The average molecular weight is 247 g/mol. The van der Waals surface area contributed by atoms with E-state index in [1.807, 2.05) is 32.5 Å². The van der Waals surface area contributed by atoms with E-state index in [-0.39, 0.29) is 6.10 Å². The first kappa shape index (κ1) is 10.7. The molecule has 74 valence electrons. The number of nitrogens with zero attached hydrogens (tertiary/aromatic N) is 2. The molecule has 0 saturated heterocycles. The van der Waals surface area contributed by atoms with E-state index >= 15 is 0 Å². The summed E-state index contributed by atoms with van der Waals surface area (Å²) in [4.78, 5) is 0. The smallest absolute Gasteiger partial charge is 0.0899 e. The van der Waals surface area contributed by atoms with Crippen molar-refractivity contribution in [2.75, 3.05) is 0 Å². The van der Waals surface area contributed by atoms with Crippen molar-refractivity contribution < 1.29 is 4.74 Å². The molecule has 0 spiro atoms. The lowest BCUT2D eigenvalue weighted by molar-refractivity contribution is 0.0613. The lowest BCUT2D eigenvalue weighted by Crippen LogP contribution is -2.06. The Morgan fingerprint density at radius 1 is 1.54 bits per heavy atom. The molecule has 0 radical (unpaired) electrons. The Balaban J connectivity index is 2.76. The van der Waals surface area contributed by atoms with Gasteiger partial charge in [0, 0.05) is 7.05 Å². The fourth-order valence-corrected chi connectivity index (χ4v) is 1.53. The second-order valence-electron chi connectivity index (χ2n) is 3.33. The van der Waals surface area contributed by atoms with Crippen molar-refractivity contribution in [2.24, 2.45) is 7.05 Å². The molecule has 1 heterocycles. The maximum atomic E-state index is 5.51. The zero-order valence-corrected chi connectivity index (χ0v) is 10.1. The minimum atomic E-state index is 0.252. The Morgan fingerprint density at radius 2 is 2.15 bits per heavy atom. The van der Waals surface area contributed by atoms with Gasteiger partial charge in [0.1, 0.15) is 0 Å². The Morgan fingerprint density at radius 3 is 2.54 bits per heavy atom. The monoisotopic (exact) mass is 246 g/mol. The molecule has 0 atom stereocenters. The van der Waals surface area contributed by atoms with Gasteiger partial charge in [-0.2, -0.15) is 5.10 Å². The van der Waals surface area contributed by atoms with Crippen LogP contribution in [0.15, 0.2) is 4.47 Å². The van der Waals surface area contributed by atoms with E-state index in [1.54, 1.807) is 0 Å². The predicted octanol–water partition coefficient (Wildman–Crippen LogP) is 2.42. The Labute approximate surface area is 87.2 Å². The fourth-order valence-electron chi connectivity index (χ4n) is 1.08. The molecule has 0 amide bonds. The van der Waals surface area contributed by atoms with Crippen LogP contribution in [0.4, 0.5) is 0 Å². The molecular weight excluding hydrogens is 232 g/mol. The molecule has 0 aliphatic rings. The summed E-state index contributed by atoms with van der Waals surface area (Å²) < 4.78 is 8.41. The molecule has 0 aromatic carbocycles. The first-order valence-electron chi connectivity index (χ1n) is 4.32. The highest BCUT2D eigenvalue weighted by Gasteiger charge is 2.10. The van der Waals surface area contributed by atoms with E-state index in [0.717, 1.165) is 15.9 Å². The molecule has 1 rings (SSSR count). The van der Waals surface area contributed by atoms with Gasteiger partial charge in [0.05, 0.1) is 28.6 Å². The van der Waals surface area contributed by atoms with Crippen molar-refractivity contribution in [1.82, 2.24) is 9.78 Å². The predicted molar refractivity (Wildman–Crippen MR) is 55.6 cm³/mol. The van der Waals surface area contributed by atoms with E-state index in [1.165, 1.54) is 0 Å². The summed E-state index contributed by atoms with van der Waals surface area (Å²) >= 11 is 3.49. The second kappa shape index (κ2) is 4.24. The van der Waals surface area contributed by atoms with E-state index in [4.69, 9.17) is 4.74 Å². The lowest BCUT2D eigenvalue weighted by atomic mass is 10.4. The van der Waals surface area contributed by atoms with Crippen LogP contribution in [0.1, 0.15) is 25.2 Å². The number of rotatable bonds is 3. The third-order valence-electron chi connectivity index (χ3n) is 1.82. The third kappa shape index (κ3) is 2.54. The van der Waals surface area contributed by atoms with Crippen LogP contribution in [0.3, 0.4) is 0 Å². The van der Waals surface area contributed by atoms with Gasteiger partial charge in [0.2, 0.25) is 0 Å². The van der Waals surface area contributed by atoms with Gasteiger partial charge in [-0.1, -0.05) is 0 Å². The van der Waals surface area contributed by atoms with Gasteiger partial charge >= 0.3 is 0 Å². The summed E-state index contributed by atoms with van der Waals surface area (Å²) in [5, 5.41) is 4.28. The third-order valence-corrected chi connectivity index (χ3v) is 2.85. The van der Waals surface area contributed by atoms with Crippen molar-refractivity contribution in [2.45, 2.75) is 33.5 Å². The summed E-state index contributed by atoms with van der Waals surface area (Å²) in [6.07, 6.45) is 0.252. The molecule has 0 saturated carbocycles. The number of halogens is 1. The summed E-state index contributed by atoms with van der Waals surface area (Å²) in [6, 6.07) is 0. The molecular formula is C9H15BrN2O. The minimum Gasteiger partial charge on any atom is -0.372 e. The highest BCUT2D eigenvalue weighted by atomic mass is 79.9. The van der Waals surface area contributed by atoms with Gasteiger partial charge in [-0.05, 0) is 36.7 Å². The standard InChI is InChI=1S/C9H15BrN2O/c1-6(2)13-5-8-9(10)7(3)11-12(8)4/h6H,5H2,1-4H3. The fraction of sp³-hybridized carbons (Fsp3) is 0.667. The van der Waals surface area contributed by atoms with Crippen LogP contribution >= 0.6 is 15.9 Å². The summed E-state index contributed by atoms with van der Waals surface area (Å²) in [6.45, 7) is 6.63. The van der Waals surface area contributed by atoms with Crippen LogP contribution in [0.5, 0.6) is 0 Å². The maximum Gasteiger partial charge on any atom is 0.0899 e. The van der Waals surface area contributed by atoms with Crippen LogP contribution in [0.25, 0.3) is 0 Å². The highest BCUT2D eigenvalue weighted by Crippen LogP contribution is 2.21. The maximum absolute atomic E-state index is 5.51.